The third-order valence-electron chi connectivity index (χ3n) is 3.49. The zero-order chi connectivity index (χ0) is 12.4. The van der Waals surface area contributed by atoms with Crippen molar-refractivity contribution in [1.82, 2.24) is 15.1 Å². The number of aryl methyl sites for hydroxylation is 1. The lowest BCUT2D eigenvalue weighted by Crippen LogP contribution is -2.39. The summed E-state index contributed by atoms with van der Waals surface area (Å²) in [5, 5.41) is 7.11. The first-order chi connectivity index (χ1) is 8.08. The van der Waals surface area contributed by atoms with Crippen molar-refractivity contribution in [3.8, 4) is 0 Å². The molecule has 1 fully saturated rings. The molecule has 3 unspecified atom stereocenters. The van der Waals surface area contributed by atoms with Gasteiger partial charge >= 0.3 is 0 Å². The largest absolute Gasteiger partial charge is 0.349 e. The Kier molecular flexibility index (Phi) is 5.16. The summed E-state index contributed by atoms with van der Waals surface area (Å²) in [5.41, 5.74) is 6.94. The second-order valence-corrected chi connectivity index (χ2v) is 4.88. The molecule has 1 saturated carbocycles. The van der Waals surface area contributed by atoms with Gasteiger partial charge in [-0.05, 0) is 19.8 Å². The van der Waals surface area contributed by atoms with Gasteiger partial charge in [-0.25, -0.2) is 0 Å². The molecule has 1 heterocycles. The summed E-state index contributed by atoms with van der Waals surface area (Å²) < 4.78 is 1.74. The van der Waals surface area contributed by atoms with Gasteiger partial charge in [-0.2, -0.15) is 5.10 Å². The fourth-order valence-corrected chi connectivity index (χ4v) is 2.38. The summed E-state index contributed by atoms with van der Waals surface area (Å²) in [5.74, 6) is 0.0560. The molecular weight excluding hydrogens is 252 g/mol. The van der Waals surface area contributed by atoms with Crippen molar-refractivity contribution in [2.45, 2.75) is 38.3 Å². The van der Waals surface area contributed by atoms with E-state index < -0.39 is 0 Å². The van der Waals surface area contributed by atoms with Crippen molar-refractivity contribution < 1.29 is 4.79 Å². The number of nitrogens with two attached hydrogens (primary N) is 1. The van der Waals surface area contributed by atoms with Gasteiger partial charge < -0.3 is 11.1 Å². The molecule has 0 bridgehead atoms. The Bertz CT molecular complexity index is 407. The van der Waals surface area contributed by atoms with Crippen LogP contribution in [-0.4, -0.2) is 21.7 Å². The minimum Gasteiger partial charge on any atom is -0.349 e. The van der Waals surface area contributed by atoms with Crippen LogP contribution >= 0.6 is 12.4 Å². The van der Waals surface area contributed by atoms with Gasteiger partial charge in [0.2, 0.25) is 5.91 Å². The van der Waals surface area contributed by atoms with Gasteiger partial charge in [-0.3, -0.25) is 9.48 Å². The Morgan fingerprint density at radius 3 is 2.83 bits per heavy atom. The molecule has 1 aliphatic carbocycles. The summed E-state index contributed by atoms with van der Waals surface area (Å²) in [6.07, 6.45) is 6.62. The van der Waals surface area contributed by atoms with Gasteiger partial charge in [0.1, 0.15) is 0 Å². The van der Waals surface area contributed by atoms with E-state index in [2.05, 4.69) is 10.4 Å². The molecule has 1 aromatic rings. The second kappa shape index (κ2) is 6.20. The number of carbonyl (C=O) groups is 1. The topological polar surface area (TPSA) is 72.9 Å². The molecule has 1 amide bonds. The number of nitrogens with zero attached hydrogens (tertiary/aromatic N) is 2. The molecule has 0 aliphatic heterocycles. The molecule has 1 aliphatic rings. The molecule has 3 atom stereocenters. The van der Waals surface area contributed by atoms with E-state index in [1.165, 1.54) is 0 Å². The molecule has 5 nitrogen and oxygen atoms in total. The maximum atomic E-state index is 12.0. The van der Waals surface area contributed by atoms with Gasteiger partial charge in [0.15, 0.2) is 0 Å². The first-order valence-electron chi connectivity index (χ1n) is 6.12. The molecular formula is C12H21ClN4O. The fourth-order valence-electron chi connectivity index (χ4n) is 2.38. The Morgan fingerprint density at radius 1 is 1.61 bits per heavy atom. The molecule has 0 radical (unpaired) electrons. The number of rotatable bonds is 3. The van der Waals surface area contributed by atoms with E-state index in [1.807, 2.05) is 20.2 Å². The monoisotopic (exact) mass is 272 g/mol. The molecule has 3 N–H and O–H groups in total. The summed E-state index contributed by atoms with van der Waals surface area (Å²) >= 11 is 0. The van der Waals surface area contributed by atoms with Crippen LogP contribution in [0.2, 0.25) is 0 Å². The maximum absolute atomic E-state index is 12.0. The lowest BCUT2D eigenvalue weighted by molar-refractivity contribution is -0.125. The van der Waals surface area contributed by atoms with Gasteiger partial charge in [-0.15, -0.1) is 12.4 Å². The Balaban J connectivity index is 0.00000162. The lowest BCUT2D eigenvalue weighted by atomic mass is 10.0. The highest BCUT2D eigenvalue weighted by Crippen LogP contribution is 2.25. The highest BCUT2D eigenvalue weighted by atomic mass is 35.5. The number of hydrogen-bond acceptors (Lipinski definition) is 3. The minimum atomic E-state index is -0.0193. The highest BCUT2D eigenvalue weighted by Gasteiger charge is 2.30. The van der Waals surface area contributed by atoms with E-state index in [-0.39, 0.29) is 36.3 Å². The van der Waals surface area contributed by atoms with Crippen LogP contribution in [0, 0.1) is 5.92 Å². The Hall–Kier alpha value is -1.07. The Morgan fingerprint density at radius 2 is 2.33 bits per heavy atom. The second-order valence-electron chi connectivity index (χ2n) is 4.88. The zero-order valence-electron chi connectivity index (χ0n) is 10.8. The van der Waals surface area contributed by atoms with Gasteiger partial charge in [-0.1, -0.05) is 6.42 Å². The molecule has 2 rings (SSSR count). The quantitative estimate of drug-likeness (QED) is 0.867. The third kappa shape index (κ3) is 3.23. The van der Waals surface area contributed by atoms with Crippen molar-refractivity contribution in [2.75, 3.05) is 0 Å². The SMILES string of the molecule is CC(NC(=O)C1CCCC1N)c1cnn(C)c1.Cl. The van der Waals surface area contributed by atoms with E-state index in [0.29, 0.717) is 0 Å². The molecule has 102 valence electrons. The van der Waals surface area contributed by atoms with Gasteiger partial charge in [0, 0.05) is 24.8 Å². The van der Waals surface area contributed by atoms with E-state index in [9.17, 15) is 4.79 Å². The van der Waals surface area contributed by atoms with E-state index >= 15 is 0 Å². The van der Waals surface area contributed by atoms with Crippen LogP contribution in [0.3, 0.4) is 0 Å². The molecule has 6 heteroatoms. The third-order valence-corrected chi connectivity index (χ3v) is 3.49. The first kappa shape index (κ1) is 15.0. The first-order valence-corrected chi connectivity index (χ1v) is 6.12. The van der Waals surface area contributed by atoms with Crippen molar-refractivity contribution in [2.24, 2.45) is 18.7 Å². The van der Waals surface area contributed by atoms with Crippen LogP contribution in [0.25, 0.3) is 0 Å². The number of hydrogen-bond donors (Lipinski definition) is 2. The van der Waals surface area contributed by atoms with Crippen LogP contribution < -0.4 is 11.1 Å². The molecule has 18 heavy (non-hydrogen) atoms. The summed E-state index contributed by atoms with van der Waals surface area (Å²) in [6, 6.07) is 0.0140. The number of amides is 1. The Labute approximate surface area is 114 Å². The predicted molar refractivity (Wildman–Crippen MR) is 72.3 cm³/mol. The van der Waals surface area contributed by atoms with Crippen molar-refractivity contribution in [1.29, 1.82) is 0 Å². The van der Waals surface area contributed by atoms with Crippen molar-refractivity contribution >= 4 is 18.3 Å². The van der Waals surface area contributed by atoms with Crippen LogP contribution in [0.5, 0.6) is 0 Å². The van der Waals surface area contributed by atoms with E-state index in [1.54, 1.807) is 10.9 Å². The summed E-state index contributed by atoms with van der Waals surface area (Å²) in [6.45, 7) is 1.97. The summed E-state index contributed by atoms with van der Waals surface area (Å²) in [4.78, 5) is 12.0. The van der Waals surface area contributed by atoms with E-state index in [0.717, 1.165) is 24.8 Å². The highest BCUT2D eigenvalue weighted by molar-refractivity contribution is 5.85. The van der Waals surface area contributed by atoms with Gasteiger partial charge in [0.05, 0.1) is 18.2 Å². The zero-order valence-corrected chi connectivity index (χ0v) is 11.6. The molecule has 0 aromatic carbocycles. The standard InChI is InChI=1S/C12H20N4O.ClH/c1-8(9-6-14-16(2)7-9)15-12(17)10-4-3-5-11(10)13;/h6-8,10-11H,3-5,13H2,1-2H3,(H,15,17);1H. The molecule has 1 aromatic heterocycles. The molecule has 0 saturated heterocycles. The number of aromatic nitrogens is 2. The van der Waals surface area contributed by atoms with Crippen LogP contribution in [0.4, 0.5) is 0 Å². The smallest absolute Gasteiger partial charge is 0.225 e. The van der Waals surface area contributed by atoms with Crippen LogP contribution in [0.15, 0.2) is 12.4 Å². The summed E-state index contributed by atoms with van der Waals surface area (Å²) in [7, 11) is 1.87. The average molecular weight is 273 g/mol. The van der Waals surface area contributed by atoms with Crippen LogP contribution in [-0.2, 0) is 11.8 Å². The lowest BCUT2D eigenvalue weighted by Gasteiger charge is -2.18. The average Bonchev–Trinajstić information content (AvgIpc) is 2.86. The fraction of sp³-hybridized carbons (Fsp3) is 0.667. The normalized spacial score (nSPS) is 24.4. The van der Waals surface area contributed by atoms with Crippen molar-refractivity contribution in [3.05, 3.63) is 18.0 Å². The molecule has 0 spiro atoms. The minimum absolute atomic E-state index is 0. The number of halogens is 1. The number of nitrogens with one attached hydrogen (secondary N) is 1. The van der Waals surface area contributed by atoms with E-state index in [4.69, 9.17) is 5.73 Å². The predicted octanol–water partition coefficient (Wildman–Crippen LogP) is 1.15. The number of carbonyl (C=O) groups excluding carboxylic acids is 1. The van der Waals surface area contributed by atoms with Crippen molar-refractivity contribution in [3.63, 3.8) is 0 Å². The maximum Gasteiger partial charge on any atom is 0.225 e. The van der Waals surface area contributed by atoms with Gasteiger partial charge in [0.25, 0.3) is 0 Å². The van der Waals surface area contributed by atoms with Crippen LogP contribution in [0.1, 0.15) is 37.8 Å².